The lowest BCUT2D eigenvalue weighted by atomic mass is 10.0. The van der Waals surface area contributed by atoms with Gasteiger partial charge in [-0.2, -0.15) is 13.2 Å². The van der Waals surface area contributed by atoms with Gasteiger partial charge in [-0.25, -0.2) is 0 Å². The van der Waals surface area contributed by atoms with Crippen molar-refractivity contribution >= 4 is 34.8 Å². The van der Waals surface area contributed by atoms with Crippen molar-refractivity contribution in [1.82, 2.24) is 4.98 Å². The molecule has 2 nitrogen and oxygen atoms in total. The van der Waals surface area contributed by atoms with Crippen LogP contribution in [0.5, 0.6) is 0 Å². The number of nitrogens with zero attached hydrogens (tertiary/aromatic N) is 1. The summed E-state index contributed by atoms with van der Waals surface area (Å²) in [6.45, 7) is -0.839. The van der Waals surface area contributed by atoms with Gasteiger partial charge in [-0.15, -0.1) is 0 Å². The smallest absolute Gasteiger partial charge is 0.392 e. The normalized spacial score (nSPS) is 11.8. The van der Waals surface area contributed by atoms with Crippen molar-refractivity contribution in [2.24, 2.45) is 0 Å². The van der Waals surface area contributed by atoms with E-state index in [-0.39, 0.29) is 31.9 Å². The maximum atomic E-state index is 13.0. The quantitative estimate of drug-likeness (QED) is 0.748. The number of pyridine rings is 1. The van der Waals surface area contributed by atoms with Gasteiger partial charge in [-0.05, 0) is 18.2 Å². The van der Waals surface area contributed by atoms with Crippen LogP contribution in [0.1, 0.15) is 11.1 Å². The summed E-state index contributed by atoms with van der Waals surface area (Å²) in [5.74, 6) is 0. The van der Waals surface area contributed by atoms with Gasteiger partial charge in [0.15, 0.2) is 0 Å². The summed E-state index contributed by atoms with van der Waals surface area (Å²) >= 11 is 17.7. The molecule has 0 unspecified atom stereocenters. The molecule has 0 spiro atoms. The highest BCUT2D eigenvalue weighted by Gasteiger charge is 2.34. The molecule has 0 aliphatic rings. The summed E-state index contributed by atoms with van der Waals surface area (Å²) in [7, 11) is 0. The first-order chi connectivity index (χ1) is 9.77. The summed E-state index contributed by atoms with van der Waals surface area (Å²) in [4.78, 5) is 3.88. The molecule has 0 saturated carbocycles. The number of aliphatic hydroxyl groups is 1. The number of benzene rings is 1. The summed E-state index contributed by atoms with van der Waals surface area (Å²) in [6, 6.07) is 3.59. The minimum atomic E-state index is -4.61. The first-order valence-electron chi connectivity index (χ1n) is 5.57. The molecule has 8 heteroatoms. The Hall–Kier alpha value is -1.01. The third-order valence-electron chi connectivity index (χ3n) is 2.81. The van der Waals surface area contributed by atoms with E-state index in [0.717, 1.165) is 12.3 Å². The third-order valence-corrected chi connectivity index (χ3v) is 4.10. The molecule has 0 atom stereocenters. The van der Waals surface area contributed by atoms with Crippen LogP contribution in [0.4, 0.5) is 13.2 Å². The van der Waals surface area contributed by atoms with Crippen molar-refractivity contribution in [3.8, 4) is 11.3 Å². The van der Waals surface area contributed by atoms with Gasteiger partial charge in [0.1, 0.15) is 0 Å². The number of halogens is 6. The Morgan fingerprint density at radius 2 is 1.71 bits per heavy atom. The van der Waals surface area contributed by atoms with Crippen LogP contribution in [-0.4, -0.2) is 10.1 Å². The molecule has 1 N–H and O–H groups in total. The van der Waals surface area contributed by atoms with E-state index in [1.807, 2.05) is 0 Å². The van der Waals surface area contributed by atoms with Crippen molar-refractivity contribution in [2.75, 3.05) is 0 Å². The van der Waals surface area contributed by atoms with Crippen molar-refractivity contribution < 1.29 is 18.3 Å². The minimum Gasteiger partial charge on any atom is -0.392 e. The van der Waals surface area contributed by atoms with Gasteiger partial charge in [0.25, 0.3) is 0 Å². The SMILES string of the molecule is OCc1c(C(F)(F)F)ccnc1-c1ccc(Cl)c(Cl)c1Cl. The Morgan fingerprint density at radius 3 is 2.29 bits per heavy atom. The Kier molecular flexibility index (Phi) is 4.68. The lowest BCUT2D eigenvalue weighted by Crippen LogP contribution is -2.11. The molecule has 0 aliphatic carbocycles. The van der Waals surface area contributed by atoms with Crippen molar-refractivity contribution in [2.45, 2.75) is 12.8 Å². The number of alkyl halides is 3. The van der Waals surface area contributed by atoms with Crippen LogP contribution in [0.3, 0.4) is 0 Å². The number of aliphatic hydroxyl groups excluding tert-OH is 1. The van der Waals surface area contributed by atoms with Crippen LogP contribution in [0, 0.1) is 0 Å². The second-order valence-electron chi connectivity index (χ2n) is 4.06. The average molecular weight is 357 g/mol. The van der Waals surface area contributed by atoms with E-state index >= 15 is 0 Å². The maximum absolute atomic E-state index is 13.0. The van der Waals surface area contributed by atoms with E-state index in [0.29, 0.717) is 0 Å². The van der Waals surface area contributed by atoms with Gasteiger partial charge in [0, 0.05) is 17.3 Å². The first-order valence-corrected chi connectivity index (χ1v) is 6.70. The highest BCUT2D eigenvalue weighted by Crippen LogP contribution is 2.41. The summed E-state index contributed by atoms with van der Waals surface area (Å²) in [6.07, 6.45) is -3.62. The Morgan fingerprint density at radius 1 is 1.05 bits per heavy atom. The topological polar surface area (TPSA) is 33.1 Å². The second-order valence-corrected chi connectivity index (χ2v) is 5.23. The van der Waals surface area contributed by atoms with E-state index in [9.17, 15) is 18.3 Å². The predicted octanol–water partition coefficient (Wildman–Crippen LogP) is 5.22. The van der Waals surface area contributed by atoms with E-state index in [1.54, 1.807) is 0 Å². The molecule has 2 rings (SSSR count). The standard InChI is InChI=1S/C13H7Cl3F3NO/c14-9-2-1-6(10(15)11(9)16)12-7(5-21)8(3-4-20-12)13(17,18)19/h1-4,21H,5H2. The zero-order valence-corrected chi connectivity index (χ0v) is 12.4. The Labute approximate surface area is 133 Å². The number of hydrogen-bond donors (Lipinski definition) is 1. The highest BCUT2D eigenvalue weighted by atomic mass is 35.5. The van der Waals surface area contributed by atoms with Crippen LogP contribution < -0.4 is 0 Å². The lowest BCUT2D eigenvalue weighted by molar-refractivity contribution is -0.138. The Balaban J connectivity index is 2.74. The third kappa shape index (κ3) is 3.11. The predicted molar refractivity (Wildman–Crippen MR) is 75.6 cm³/mol. The van der Waals surface area contributed by atoms with Gasteiger partial charge in [-0.1, -0.05) is 34.8 Å². The molecule has 1 heterocycles. The summed E-state index contributed by atoms with van der Waals surface area (Å²) in [5.41, 5.74) is -1.26. The summed E-state index contributed by atoms with van der Waals surface area (Å²) in [5, 5.41) is 9.46. The molecule has 1 aromatic heterocycles. The monoisotopic (exact) mass is 355 g/mol. The van der Waals surface area contributed by atoms with Gasteiger partial charge >= 0.3 is 6.18 Å². The van der Waals surface area contributed by atoms with Gasteiger partial charge in [0.05, 0.1) is 32.9 Å². The van der Waals surface area contributed by atoms with E-state index < -0.39 is 18.3 Å². The lowest BCUT2D eigenvalue weighted by Gasteiger charge is -2.15. The number of rotatable bonds is 2. The number of hydrogen-bond acceptors (Lipinski definition) is 2. The van der Waals surface area contributed by atoms with Gasteiger partial charge < -0.3 is 5.11 Å². The molecule has 21 heavy (non-hydrogen) atoms. The second kappa shape index (κ2) is 6.01. The van der Waals surface area contributed by atoms with E-state index in [1.165, 1.54) is 12.1 Å². The van der Waals surface area contributed by atoms with Crippen molar-refractivity contribution in [3.63, 3.8) is 0 Å². The largest absolute Gasteiger partial charge is 0.416 e. The number of aromatic nitrogens is 1. The van der Waals surface area contributed by atoms with Crippen molar-refractivity contribution in [1.29, 1.82) is 0 Å². The van der Waals surface area contributed by atoms with Crippen molar-refractivity contribution in [3.05, 3.63) is 50.6 Å². The van der Waals surface area contributed by atoms with Gasteiger partial charge in [-0.3, -0.25) is 4.98 Å². The maximum Gasteiger partial charge on any atom is 0.416 e. The van der Waals surface area contributed by atoms with Crippen LogP contribution >= 0.6 is 34.8 Å². The van der Waals surface area contributed by atoms with E-state index in [4.69, 9.17) is 34.8 Å². The zero-order valence-electron chi connectivity index (χ0n) is 10.2. The molecule has 0 aliphatic heterocycles. The molecular weight excluding hydrogens is 350 g/mol. The minimum absolute atomic E-state index is 0.0129. The molecule has 112 valence electrons. The zero-order chi connectivity index (χ0) is 15.8. The Bertz CT molecular complexity index is 689. The summed E-state index contributed by atoms with van der Waals surface area (Å²) < 4.78 is 38.9. The fraction of sp³-hybridized carbons (Fsp3) is 0.154. The average Bonchev–Trinajstić information content (AvgIpc) is 2.43. The van der Waals surface area contributed by atoms with Crippen LogP contribution in [-0.2, 0) is 12.8 Å². The molecule has 0 amide bonds. The highest BCUT2D eigenvalue weighted by molar-refractivity contribution is 6.49. The molecule has 0 saturated heterocycles. The van der Waals surface area contributed by atoms with E-state index in [2.05, 4.69) is 4.98 Å². The molecule has 2 aromatic rings. The van der Waals surface area contributed by atoms with Crippen LogP contribution in [0.2, 0.25) is 15.1 Å². The first kappa shape index (κ1) is 16.4. The molecule has 0 fully saturated rings. The molecule has 0 radical (unpaired) electrons. The van der Waals surface area contributed by atoms with Crippen LogP contribution in [0.15, 0.2) is 24.4 Å². The molecular formula is C13H7Cl3F3NO. The molecule has 0 bridgehead atoms. The van der Waals surface area contributed by atoms with Gasteiger partial charge in [0.2, 0.25) is 0 Å². The van der Waals surface area contributed by atoms with Crippen LogP contribution in [0.25, 0.3) is 11.3 Å². The fourth-order valence-electron chi connectivity index (χ4n) is 1.86. The molecule has 1 aromatic carbocycles. The fourth-order valence-corrected chi connectivity index (χ4v) is 2.48.